The molecule has 0 amide bonds. The Bertz CT molecular complexity index is 589. The smallest absolute Gasteiger partial charge is 0.139 e. The summed E-state index contributed by atoms with van der Waals surface area (Å²) in [6.07, 6.45) is 2.98. The minimum Gasteiger partial charge on any atom is -0.355 e. The van der Waals surface area contributed by atoms with Crippen LogP contribution < -0.4 is 4.90 Å². The van der Waals surface area contributed by atoms with Crippen LogP contribution in [-0.2, 0) is 0 Å². The van der Waals surface area contributed by atoms with Crippen LogP contribution in [-0.4, -0.2) is 23.1 Å². The molecule has 0 saturated carbocycles. The molecule has 1 aromatic heterocycles. The summed E-state index contributed by atoms with van der Waals surface area (Å²) in [7, 11) is 0. The molecule has 0 radical (unpaired) electrons. The highest BCUT2D eigenvalue weighted by atomic mass is 79.9. The second kappa shape index (κ2) is 5.08. The van der Waals surface area contributed by atoms with Crippen LogP contribution in [0, 0.1) is 11.8 Å². The maximum absolute atomic E-state index is 4.53. The highest BCUT2D eigenvalue weighted by Crippen LogP contribution is 2.30. The predicted octanol–water partition coefficient (Wildman–Crippen LogP) is 3.87. The first kappa shape index (κ1) is 12.9. The van der Waals surface area contributed by atoms with Crippen LogP contribution in [0.15, 0.2) is 29.0 Å². The van der Waals surface area contributed by atoms with Crippen molar-refractivity contribution in [3.63, 3.8) is 0 Å². The van der Waals surface area contributed by atoms with E-state index >= 15 is 0 Å². The standard InChI is InChI=1S/C15H18BrN3/c1-10-5-11(2)8-19(7-10)15-13-6-12(16)3-4-14(13)17-9-18-15/h3-4,6,9-11H,5,7-8H2,1-2H3. The Morgan fingerprint density at radius 2 is 1.89 bits per heavy atom. The fourth-order valence-corrected chi connectivity index (χ4v) is 3.46. The van der Waals surface area contributed by atoms with Crippen LogP contribution in [0.4, 0.5) is 5.82 Å². The summed E-state index contributed by atoms with van der Waals surface area (Å²) < 4.78 is 1.08. The zero-order chi connectivity index (χ0) is 13.4. The average molecular weight is 320 g/mol. The monoisotopic (exact) mass is 319 g/mol. The third kappa shape index (κ3) is 2.59. The van der Waals surface area contributed by atoms with Gasteiger partial charge in [0.1, 0.15) is 12.1 Å². The van der Waals surface area contributed by atoms with E-state index < -0.39 is 0 Å². The lowest BCUT2D eigenvalue weighted by atomic mass is 9.92. The van der Waals surface area contributed by atoms with Crippen LogP contribution in [0.1, 0.15) is 20.3 Å². The third-order valence-electron chi connectivity index (χ3n) is 3.74. The Morgan fingerprint density at radius 3 is 2.63 bits per heavy atom. The maximum atomic E-state index is 4.53. The first-order valence-corrected chi connectivity index (χ1v) is 7.58. The van der Waals surface area contributed by atoms with Crippen molar-refractivity contribution in [3.05, 3.63) is 29.0 Å². The van der Waals surface area contributed by atoms with Crippen molar-refractivity contribution in [2.75, 3.05) is 18.0 Å². The first-order chi connectivity index (χ1) is 9.13. The number of nitrogens with zero attached hydrogens (tertiary/aromatic N) is 3. The topological polar surface area (TPSA) is 29.0 Å². The second-order valence-corrected chi connectivity index (χ2v) is 6.63. The zero-order valence-electron chi connectivity index (χ0n) is 11.3. The Kier molecular flexibility index (Phi) is 3.44. The van der Waals surface area contributed by atoms with E-state index in [0.717, 1.165) is 46.1 Å². The van der Waals surface area contributed by atoms with E-state index in [-0.39, 0.29) is 0 Å². The van der Waals surface area contributed by atoms with E-state index in [1.165, 1.54) is 6.42 Å². The van der Waals surface area contributed by atoms with Gasteiger partial charge in [-0.05, 0) is 36.5 Å². The third-order valence-corrected chi connectivity index (χ3v) is 4.24. The molecule has 1 aliphatic rings. The first-order valence-electron chi connectivity index (χ1n) is 6.78. The molecule has 0 bridgehead atoms. The molecule has 2 atom stereocenters. The second-order valence-electron chi connectivity index (χ2n) is 5.71. The molecule has 1 aromatic carbocycles. The Morgan fingerprint density at radius 1 is 1.16 bits per heavy atom. The van der Waals surface area contributed by atoms with Crippen molar-refractivity contribution in [3.8, 4) is 0 Å². The van der Waals surface area contributed by atoms with Gasteiger partial charge < -0.3 is 4.90 Å². The summed E-state index contributed by atoms with van der Waals surface area (Å²) in [4.78, 5) is 11.3. The van der Waals surface area contributed by atoms with E-state index in [2.05, 4.69) is 50.7 Å². The largest absolute Gasteiger partial charge is 0.355 e. The molecular formula is C15H18BrN3. The van der Waals surface area contributed by atoms with Gasteiger partial charge in [0.25, 0.3) is 0 Å². The maximum Gasteiger partial charge on any atom is 0.139 e. The normalized spacial score (nSPS) is 23.8. The van der Waals surface area contributed by atoms with Crippen molar-refractivity contribution < 1.29 is 0 Å². The van der Waals surface area contributed by atoms with Gasteiger partial charge in [-0.1, -0.05) is 29.8 Å². The fraction of sp³-hybridized carbons (Fsp3) is 0.467. The molecule has 4 heteroatoms. The van der Waals surface area contributed by atoms with Gasteiger partial charge >= 0.3 is 0 Å². The van der Waals surface area contributed by atoms with Gasteiger partial charge in [-0.2, -0.15) is 0 Å². The highest BCUT2D eigenvalue weighted by molar-refractivity contribution is 9.10. The number of benzene rings is 1. The lowest BCUT2D eigenvalue weighted by Gasteiger charge is -2.36. The van der Waals surface area contributed by atoms with E-state index in [1.807, 2.05) is 12.1 Å². The van der Waals surface area contributed by atoms with Gasteiger partial charge in [0.05, 0.1) is 5.52 Å². The molecule has 2 aromatic rings. The highest BCUT2D eigenvalue weighted by Gasteiger charge is 2.24. The fourth-order valence-electron chi connectivity index (χ4n) is 3.10. The number of hydrogen-bond acceptors (Lipinski definition) is 3. The average Bonchev–Trinajstić information content (AvgIpc) is 2.36. The lowest BCUT2D eigenvalue weighted by Crippen LogP contribution is -2.39. The summed E-state index contributed by atoms with van der Waals surface area (Å²) in [6.45, 7) is 6.82. The van der Waals surface area contributed by atoms with Gasteiger partial charge in [-0.3, -0.25) is 0 Å². The lowest BCUT2D eigenvalue weighted by molar-refractivity contribution is 0.356. The Labute approximate surface area is 122 Å². The van der Waals surface area contributed by atoms with Crippen molar-refractivity contribution in [2.45, 2.75) is 20.3 Å². The molecule has 3 nitrogen and oxygen atoms in total. The Balaban J connectivity index is 2.06. The van der Waals surface area contributed by atoms with E-state index in [1.54, 1.807) is 6.33 Å². The van der Waals surface area contributed by atoms with Crippen LogP contribution in [0.3, 0.4) is 0 Å². The molecular weight excluding hydrogens is 302 g/mol. The SMILES string of the molecule is CC1CC(C)CN(c2ncnc3ccc(Br)cc23)C1. The number of halogens is 1. The van der Waals surface area contributed by atoms with Crippen molar-refractivity contribution >= 4 is 32.7 Å². The van der Waals surface area contributed by atoms with E-state index in [0.29, 0.717) is 0 Å². The summed E-state index contributed by atoms with van der Waals surface area (Å²) in [5, 5.41) is 1.14. The number of fused-ring (bicyclic) bond motifs is 1. The minimum atomic E-state index is 0.723. The minimum absolute atomic E-state index is 0.723. The molecule has 1 saturated heterocycles. The molecule has 1 fully saturated rings. The van der Waals surface area contributed by atoms with Crippen LogP contribution >= 0.6 is 15.9 Å². The molecule has 19 heavy (non-hydrogen) atoms. The molecule has 100 valence electrons. The van der Waals surface area contributed by atoms with E-state index in [4.69, 9.17) is 0 Å². The van der Waals surface area contributed by atoms with Crippen molar-refractivity contribution in [2.24, 2.45) is 11.8 Å². The van der Waals surface area contributed by atoms with Crippen LogP contribution in [0.25, 0.3) is 10.9 Å². The summed E-state index contributed by atoms with van der Waals surface area (Å²) in [5.74, 6) is 2.52. The number of piperidine rings is 1. The van der Waals surface area contributed by atoms with Crippen molar-refractivity contribution in [1.29, 1.82) is 0 Å². The number of rotatable bonds is 1. The molecule has 1 aliphatic heterocycles. The molecule has 0 N–H and O–H groups in total. The van der Waals surface area contributed by atoms with Gasteiger partial charge in [0.2, 0.25) is 0 Å². The molecule has 3 rings (SSSR count). The van der Waals surface area contributed by atoms with Gasteiger partial charge in [0.15, 0.2) is 0 Å². The predicted molar refractivity (Wildman–Crippen MR) is 82.4 cm³/mol. The Hall–Kier alpha value is -1.16. The molecule has 0 aliphatic carbocycles. The van der Waals surface area contributed by atoms with Crippen molar-refractivity contribution in [1.82, 2.24) is 9.97 Å². The molecule has 2 unspecified atom stereocenters. The molecule has 2 heterocycles. The number of aromatic nitrogens is 2. The van der Waals surface area contributed by atoms with E-state index in [9.17, 15) is 0 Å². The van der Waals surface area contributed by atoms with Crippen LogP contribution in [0.5, 0.6) is 0 Å². The quantitative estimate of drug-likeness (QED) is 0.798. The number of anilines is 1. The number of hydrogen-bond donors (Lipinski definition) is 0. The zero-order valence-corrected chi connectivity index (χ0v) is 12.9. The van der Waals surface area contributed by atoms with Gasteiger partial charge in [-0.25, -0.2) is 9.97 Å². The summed E-state index contributed by atoms with van der Waals surface area (Å²) in [5.41, 5.74) is 1.01. The molecule has 0 spiro atoms. The summed E-state index contributed by atoms with van der Waals surface area (Å²) in [6, 6.07) is 6.19. The van der Waals surface area contributed by atoms with Crippen LogP contribution in [0.2, 0.25) is 0 Å². The van der Waals surface area contributed by atoms with Gasteiger partial charge in [-0.15, -0.1) is 0 Å². The summed E-state index contributed by atoms with van der Waals surface area (Å²) >= 11 is 3.54. The van der Waals surface area contributed by atoms with Gasteiger partial charge in [0, 0.05) is 22.9 Å².